The van der Waals surface area contributed by atoms with Crippen LogP contribution in [0.5, 0.6) is 0 Å². The molecule has 2 aromatic heterocycles. The number of hydrogen-bond acceptors (Lipinski definition) is 2. The summed E-state index contributed by atoms with van der Waals surface area (Å²) >= 11 is 0. The Morgan fingerprint density at radius 3 is 1.83 bits per heavy atom. The van der Waals surface area contributed by atoms with Gasteiger partial charge in [0.25, 0.3) is 0 Å². The maximum Gasteiger partial charge on any atom is 0.147 e. The Balaban J connectivity index is 0.951. The van der Waals surface area contributed by atoms with E-state index in [9.17, 15) is 0 Å². The van der Waals surface area contributed by atoms with E-state index in [4.69, 9.17) is 8.83 Å². The average Bonchev–Trinajstić information content (AvgIpc) is 3.98. The van der Waals surface area contributed by atoms with E-state index in [0.29, 0.717) is 0 Å². The smallest absolute Gasteiger partial charge is 0.147 e. The molecule has 0 radical (unpaired) electrons. The third kappa shape index (κ3) is 5.44. The zero-order valence-electron chi connectivity index (χ0n) is 35.2. The summed E-state index contributed by atoms with van der Waals surface area (Å²) in [5.41, 5.74) is 18.7. The summed E-state index contributed by atoms with van der Waals surface area (Å²) in [6, 6.07) is 66.8. The minimum atomic E-state index is -0.180. The fourth-order valence-corrected chi connectivity index (χ4v) is 10.9. The van der Waals surface area contributed by atoms with E-state index in [1.165, 1.54) is 77.5 Å². The fraction of sp³-hybridized carbons (Fsp3) is 0.0820. The number of allylic oxidation sites excluding steroid dienone is 1. The summed E-state index contributed by atoms with van der Waals surface area (Å²) in [7, 11) is 0. The second-order valence-electron chi connectivity index (χ2n) is 17.8. The lowest BCUT2D eigenvalue weighted by Gasteiger charge is -2.22. The van der Waals surface area contributed by atoms with Gasteiger partial charge in [-0.15, -0.1) is 0 Å². The lowest BCUT2D eigenvalue weighted by Crippen LogP contribution is -2.15. The molecule has 298 valence electrons. The van der Waals surface area contributed by atoms with E-state index in [1.54, 1.807) is 0 Å². The highest BCUT2D eigenvalue weighted by molar-refractivity contribution is 6.33. The predicted molar refractivity (Wildman–Crippen MR) is 265 cm³/mol. The SMILES string of the molecule is CC1(C)c2ccc(-c3ccccccc(-c4ccc5c(c4)CCC=C5)c4ccccc34)cc2-c2ccc(-c3ccc4oc5c(c4c3)c3ccccc3c3oc4ccccc4c35)cc21. The van der Waals surface area contributed by atoms with Crippen LogP contribution >= 0.6 is 0 Å². The first-order chi connectivity index (χ1) is 31.0. The van der Waals surface area contributed by atoms with Gasteiger partial charge in [-0.1, -0.05) is 178 Å². The van der Waals surface area contributed by atoms with Crippen molar-refractivity contribution in [2.24, 2.45) is 0 Å². The molecule has 0 saturated carbocycles. The van der Waals surface area contributed by atoms with Crippen LogP contribution in [0.15, 0.2) is 197 Å². The molecule has 2 heterocycles. The van der Waals surface area contributed by atoms with Crippen LogP contribution in [0.25, 0.3) is 116 Å². The topological polar surface area (TPSA) is 26.3 Å². The summed E-state index contributed by atoms with van der Waals surface area (Å²) in [5, 5.41) is 9.06. The molecule has 63 heavy (non-hydrogen) atoms. The first-order valence-electron chi connectivity index (χ1n) is 22.1. The highest BCUT2D eigenvalue weighted by Gasteiger charge is 2.36. The van der Waals surface area contributed by atoms with Crippen LogP contribution in [0.1, 0.15) is 42.5 Å². The lowest BCUT2D eigenvalue weighted by atomic mass is 9.81. The molecule has 0 aliphatic heterocycles. The van der Waals surface area contributed by atoms with Gasteiger partial charge in [0.2, 0.25) is 0 Å². The van der Waals surface area contributed by atoms with Crippen molar-refractivity contribution in [3.63, 3.8) is 0 Å². The number of fused-ring (bicyclic) bond motifs is 15. The second kappa shape index (κ2) is 13.7. The molecule has 0 fully saturated rings. The molecule has 0 unspecified atom stereocenters. The molecule has 2 nitrogen and oxygen atoms in total. The Labute approximate surface area is 365 Å². The monoisotopic (exact) mass is 806 g/mol. The van der Waals surface area contributed by atoms with E-state index in [1.807, 2.05) is 12.1 Å². The zero-order chi connectivity index (χ0) is 41.8. The molecule has 0 bridgehead atoms. The first kappa shape index (κ1) is 36.0. The Kier molecular flexibility index (Phi) is 7.81. The van der Waals surface area contributed by atoms with Gasteiger partial charge in [0.05, 0.1) is 5.39 Å². The van der Waals surface area contributed by atoms with Gasteiger partial charge in [0, 0.05) is 27.0 Å². The van der Waals surface area contributed by atoms with E-state index in [0.717, 1.165) is 67.5 Å². The van der Waals surface area contributed by atoms with Crippen molar-refractivity contribution >= 4 is 71.5 Å². The molecular weight excluding hydrogens is 765 g/mol. The Bertz CT molecular complexity index is 3830. The number of benzene rings is 8. The largest absolute Gasteiger partial charge is 0.455 e. The molecule has 2 heteroatoms. The van der Waals surface area contributed by atoms with Crippen molar-refractivity contribution < 1.29 is 8.83 Å². The molecule has 2 aliphatic rings. The van der Waals surface area contributed by atoms with Crippen LogP contribution in [0.2, 0.25) is 0 Å². The van der Waals surface area contributed by atoms with Crippen LogP contribution < -0.4 is 0 Å². The zero-order valence-corrected chi connectivity index (χ0v) is 35.2. The minimum absolute atomic E-state index is 0.180. The van der Waals surface area contributed by atoms with E-state index >= 15 is 0 Å². The first-order valence-corrected chi connectivity index (χ1v) is 22.1. The highest BCUT2D eigenvalue weighted by atomic mass is 16.3. The molecule has 0 N–H and O–H groups in total. The van der Waals surface area contributed by atoms with E-state index in [2.05, 4.69) is 196 Å². The van der Waals surface area contributed by atoms with Crippen molar-refractivity contribution in [1.29, 1.82) is 0 Å². The van der Waals surface area contributed by atoms with Gasteiger partial charge < -0.3 is 8.83 Å². The molecule has 0 saturated heterocycles. The molecular formula is C61H42O2. The summed E-state index contributed by atoms with van der Waals surface area (Å²) < 4.78 is 13.3. The van der Waals surface area contributed by atoms with Crippen molar-refractivity contribution in [3.8, 4) is 44.5 Å². The molecule has 9 aromatic carbocycles. The van der Waals surface area contributed by atoms with Gasteiger partial charge in [-0.2, -0.15) is 0 Å². The Morgan fingerprint density at radius 2 is 1.02 bits per heavy atom. The molecule has 0 atom stereocenters. The van der Waals surface area contributed by atoms with Crippen LogP contribution in [0.3, 0.4) is 0 Å². The number of rotatable bonds is 3. The summed E-state index contributed by atoms with van der Waals surface area (Å²) in [6.45, 7) is 4.75. The maximum absolute atomic E-state index is 6.76. The van der Waals surface area contributed by atoms with Crippen LogP contribution in [-0.4, -0.2) is 0 Å². The molecule has 0 amide bonds. The maximum atomic E-state index is 6.76. The third-order valence-electron chi connectivity index (χ3n) is 14.0. The van der Waals surface area contributed by atoms with Crippen molar-refractivity contribution in [2.45, 2.75) is 32.1 Å². The molecule has 13 rings (SSSR count). The fourth-order valence-electron chi connectivity index (χ4n) is 10.9. The highest BCUT2D eigenvalue weighted by Crippen LogP contribution is 2.52. The Hall–Kier alpha value is -7.68. The van der Waals surface area contributed by atoms with Gasteiger partial charge in [-0.25, -0.2) is 0 Å². The Morgan fingerprint density at radius 1 is 0.397 bits per heavy atom. The lowest BCUT2D eigenvalue weighted by molar-refractivity contribution is 0.660. The second-order valence-corrected chi connectivity index (χ2v) is 17.8. The van der Waals surface area contributed by atoms with Crippen LogP contribution in [0.4, 0.5) is 0 Å². The number of furan rings is 2. The van der Waals surface area contributed by atoms with Gasteiger partial charge in [0.1, 0.15) is 22.3 Å². The quantitative estimate of drug-likeness (QED) is 0.178. The van der Waals surface area contributed by atoms with Gasteiger partial charge in [-0.3, -0.25) is 0 Å². The van der Waals surface area contributed by atoms with Gasteiger partial charge in [0.15, 0.2) is 0 Å². The molecule has 0 spiro atoms. The summed E-state index contributed by atoms with van der Waals surface area (Å²) in [5.74, 6) is 0. The molecule has 2 aliphatic carbocycles. The third-order valence-corrected chi connectivity index (χ3v) is 14.0. The predicted octanol–water partition coefficient (Wildman–Crippen LogP) is 17.2. The van der Waals surface area contributed by atoms with Crippen molar-refractivity contribution in [2.75, 3.05) is 0 Å². The summed E-state index contributed by atoms with van der Waals surface area (Å²) in [6.07, 6.45) is 6.72. The van der Waals surface area contributed by atoms with Gasteiger partial charge >= 0.3 is 0 Å². The van der Waals surface area contributed by atoms with E-state index < -0.39 is 0 Å². The number of aryl methyl sites for hydroxylation is 1. The average molecular weight is 807 g/mol. The van der Waals surface area contributed by atoms with E-state index in [-0.39, 0.29) is 5.41 Å². The number of para-hydroxylation sites is 1. The van der Waals surface area contributed by atoms with Crippen molar-refractivity contribution in [1.82, 2.24) is 0 Å². The standard InChI is InChI=1S/C61H42O2/c1-61(2)53-31-28-42(44-18-6-4-3-5-17-43(45-19-9-10-20-46(44)45)41-26-25-37-15-7-8-16-38(37)33-41)35-51(53)47-30-27-40(36-54(47)61)39-29-32-56-52(34-39)57-48-21-11-12-22-49(48)59-58(60(57)63-56)50-23-13-14-24-55(50)62-59/h3-7,9-15,17-36H,8,16H2,1-2H3. The number of hydrogen-bond donors (Lipinski definition) is 0. The molecule has 11 aromatic rings. The van der Waals surface area contributed by atoms with Crippen molar-refractivity contribution in [3.05, 3.63) is 210 Å². The minimum Gasteiger partial charge on any atom is -0.455 e. The van der Waals surface area contributed by atoms with Crippen LogP contribution in [-0.2, 0) is 11.8 Å². The van der Waals surface area contributed by atoms with Crippen LogP contribution in [0, 0.1) is 0 Å². The summed E-state index contributed by atoms with van der Waals surface area (Å²) in [4.78, 5) is 0. The van der Waals surface area contributed by atoms with Gasteiger partial charge in [-0.05, 0) is 126 Å². The normalized spacial score (nSPS) is 13.8.